The van der Waals surface area contributed by atoms with Crippen molar-refractivity contribution in [3.8, 4) is 0 Å². The van der Waals surface area contributed by atoms with Crippen LogP contribution in [0.5, 0.6) is 0 Å². The van der Waals surface area contributed by atoms with Gasteiger partial charge in [-0.3, -0.25) is 0 Å². The second kappa shape index (κ2) is 8.83. The van der Waals surface area contributed by atoms with Crippen LogP contribution in [-0.4, -0.2) is 52.6 Å². The molecule has 0 aromatic heterocycles. The summed E-state index contributed by atoms with van der Waals surface area (Å²) in [5.41, 5.74) is 0. The van der Waals surface area contributed by atoms with Crippen LogP contribution in [0.15, 0.2) is 0 Å². The molecule has 0 bridgehead atoms. The zero-order chi connectivity index (χ0) is 2.71. The Balaban J connectivity index is 0. The van der Waals surface area contributed by atoms with Crippen LogP contribution in [-0.2, 0) is 7.67 Å². The average Bonchev–Trinajstić information content (AvgIpc) is 0.918. The molecule has 0 saturated heterocycles. The molecule has 4 heavy (non-hydrogen) atoms. The summed E-state index contributed by atoms with van der Waals surface area (Å²) in [7, 11) is 0. The molecule has 0 aliphatic heterocycles. The Labute approximate surface area is 59.5 Å². The van der Waals surface area contributed by atoms with E-state index in [0.717, 1.165) is 0 Å². The van der Waals surface area contributed by atoms with E-state index >= 15 is 0 Å². The minimum absolute atomic E-state index is 0. The molecule has 0 fully saturated rings. The minimum atomic E-state index is -1.62. The molecule has 0 heterocycles. The third kappa shape index (κ3) is 10.1. The van der Waals surface area contributed by atoms with Crippen LogP contribution in [0.2, 0.25) is 0 Å². The third-order valence-electron chi connectivity index (χ3n) is 0. The van der Waals surface area contributed by atoms with E-state index in [-0.39, 0.29) is 37.7 Å². The van der Waals surface area contributed by atoms with Gasteiger partial charge in [-0.15, -0.1) is 0 Å². The predicted octanol–water partition coefficient (Wildman–Crippen LogP) is -1.53. The van der Waals surface area contributed by atoms with Crippen LogP contribution in [0.4, 0.5) is 0 Å². The van der Waals surface area contributed by atoms with Crippen molar-refractivity contribution in [3.63, 3.8) is 0 Å². The SMILES string of the molecule is O=[Se]=O.[CaH2]. The molecular formula is H2CaO2Se. The van der Waals surface area contributed by atoms with E-state index in [4.69, 9.17) is 7.67 Å². The number of rotatable bonds is 0. The predicted molar refractivity (Wildman–Crippen MR) is 15.7 cm³/mol. The van der Waals surface area contributed by atoms with E-state index in [2.05, 4.69) is 0 Å². The summed E-state index contributed by atoms with van der Waals surface area (Å²) in [6.07, 6.45) is 0. The van der Waals surface area contributed by atoms with Gasteiger partial charge in [-0.25, -0.2) is 0 Å². The van der Waals surface area contributed by atoms with Gasteiger partial charge < -0.3 is 0 Å². The van der Waals surface area contributed by atoms with Crippen LogP contribution in [0.3, 0.4) is 0 Å². The molecular weight excluding hydrogens is 151 g/mol. The van der Waals surface area contributed by atoms with Gasteiger partial charge in [0.1, 0.15) is 0 Å². The molecule has 0 spiro atoms. The van der Waals surface area contributed by atoms with Gasteiger partial charge in [0.15, 0.2) is 0 Å². The Morgan fingerprint density at radius 1 is 1.25 bits per heavy atom. The summed E-state index contributed by atoms with van der Waals surface area (Å²) in [6.45, 7) is 0. The van der Waals surface area contributed by atoms with E-state index in [9.17, 15) is 0 Å². The van der Waals surface area contributed by atoms with E-state index < -0.39 is 14.8 Å². The third-order valence-corrected chi connectivity index (χ3v) is 0. The van der Waals surface area contributed by atoms with Gasteiger partial charge in [0, 0.05) is 0 Å². The normalized spacial score (nSPS) is 3.00. The van der Waals surface area contributed by atoms with E-state index in [0.29, 0.717) is 0 Å². The second-order valence-corrected chi connectivity index (χ2v) is 0.354. The molecule has 0 aliphatic rings. The van der Waals surface area contributed by atoms with Crippen LogP contribution in [0, 0.1) is 0 Å². The van der Waals surface area contributed by atoms with Crippen molar-refractivity contribution in [1.29, 1.82) is 0 Å². The zero-order valence-electron chi connectivity index (χ0n) is 1.22. The molecule has 0 atom stereocenters. The monoisotopic (exact) mass is 154 g/mol. The molecule has 0 saturated carbocycles. The summed E-state index contributed by atoms with van der Waals surface area (Å²) in [4.78, 5) is 0. The molecule has 0 amide bonds. The second-order valence-electron chi connectivity index (χ2n) is 0.0680. The fraction of sp³-hybridized carbons (Fsp3) is 0. The fourth-order valence-corrected chi connectivity index (χ4v) is 0. The van der Waals surface area contributed by atoms with Gasteiger partial charge in [0.25, 0.3) is 0 Å². The van der Waals surface area contributed by atoms with Crippen molar-refractivity contribution in [1.82, 2.24) is 0 Å². The Morgan fingerprint density at radius 2 is 1.25 bits per heavy atom. The number of hydrogen-bond acceptors (Lipinski definition) is 2. The first-order valence-corrected chi connectivity index (χ1v) is 1.73. The van der Waals surface area contributed by atoms with Crippen LogP contribution in [0.1, 0.15) is 0 Å². The maximum atomic E-state index is 8.44. The molecule has 22 valence electrons. The zero-order valence-corrected chi connectivity index (χ0v) is 2.94. The first-order chi connectivity index (χ1) is 1.41. The molecule has 0 N–H and O–H groups in total. The van der Waals surface area contributed by atoms with Gasteiger partial charge in [0.2, 0.25) is 0 Å². The van der Waals surface area contributed by atoms with Crippen LogP contribution < -0.4 is 0 Å². The molecule has 0 radical (unpaired) electrons. The van der Waals surface area contributed by atoms with Crippen molar-refractivity contribution in [2.45, 2.75) is 0 Å². The Hall–Kier alpha value is 1.38. The van der Waals surface area contributed by atoms with Crippen molar-refractivity contribution in [3.05, 3.63) is 0 Å². The molecule has 0 rings (SSSR count). The van der Waals surface area contributed by atoms with Crippen molar-refractivity contribution >= 4 is 52.6 Å². The molecule has 2 nitrogen and oxygen atoms in total. The molecule has 0 aliphatic carbocycles. The molecule has 0 aromatic carbocycles. The summed E-state index contributed by atoms with van der Waals surface area (Å²) in [5.74, 6) is 0. The first kappa shape index (κ1) is 9.03. The molecule has 4 heteroatoms. The number of hydrogen-bond donors (Lipinski definition) is 0. The summed E-state index contributed by atoms with van der Waals surface area (Å²) in [5, 5.41) is 0. The van der Waals surface area contributed by atoms with Crippen molar-refractivity contribution in [2.75, 3.05) is 0 Å². The van der Waals surface area contributed by atoms with Crippen LogP contribution in [0.25, 0.3) is 0 Å². The first-order valence-electron chi connectivity index (χ1n) is 0.333. The summed E-state index contributed by atoms with van der Waals surface area (Å²) in [6, 6.07) is 0. The van der Waals surface area contributed by atoms with Gasteiger partial charge in [-0.05, 0) is 0 Å². The Bertz CT molecular complexity index is 27.0. The Kier molecular flexibility index (Phi) is 20.0. The van der Waals surface area contributed by atoms with Gasteiger partial charge >= 0.3 is 60.2 Å². The topological polar surface area (TPSA) is 34.1 Å². The van der Waals surface area contributed by atoms with Gasteiger partial charge in [0.05, 0.1) is 0 Å². The van der Waals surface area contributed by atoms with Crippen molar-refractivity contribution in [2.24, 2.45) is 0 Å². The van der Waals surface area contributed by atoms with E-state index in [1.54, 1.807) is 0 Å². The Morgan fingerprint density at radius 3 is 1.25 bits per heavy atom. The van der Waals surface area contributed by atoms with E-state index in [1.165, 1.54) is 0 Å². The molecule has 0 aromatic rings. The standard InChI is InChI=1S/Ca.O2Se.2H/c;1-3-2;;. The fourth-order valence-electron chi connectivity index (χ4n) is 0. The van der Waals surface area contributed by atoms with Gasteiger partial charge in [-0.1, -0.05) is 0 Å². The maximum absolute atomic E-state index is 8.44. The summed E-state index contributed by atoms with van der Waals surface area (Å²) >= 11 is -1.62. The van der Waals surface area contributed by atoms with Gasteiger partial charge in [-0.2, -0.15) is 0 Å². The van der Waals surface area contributed by atoms with Crippen LogP contribution >= 0.6 is 0 Å². The summed E-state index contributed by atoms with van der Waals surface area (Å²) < 4.78 is 16.9. The average molecular weight is 153 g/mol. The van der Waals surface area contributed by atoms with E-state index in [1.807, 2.05) is 0 Å². The molecule has 0 unspecified atom stereocenters. The van der Waals surface area contributed by atoms with Crippen molar-refractivity contribution < 1.29 is 7.67 Å². The quantitative estimate of drug-likeness (QED) is 0.395.